The van der Waals surface area contributed by atoms with E-state index in [0.29, 0.717) is 24.5 Å². The number of hydrogen-bond donors (Lipinski definition) is 2. The van der Waals surface area contributed by atoms with Crippen LogP contribution in [0.5, 0.6) is 5.75 Å². The third kappa shape index (κ3) is 5.12. The van der Waals surface area contributed by atoms with Crippen molar-refractivity contribution in [1.29, 1.82) is 0 Å². The fraction of sp³-hybridized carbons (Fsp3) is 0.263. The summed E-state index contributed by atoms with van der Waals surface area (Å²) >= 11 is 0. The van der Waals surface area contributed by atoms with E-state index in [0.717, 1.165) is 5.56 Å². The highest BCUT2D eigenvalue weighted by Crippen LogP contribution is 2.14. The van der Waals surface area contributed by atoms with Gasteiger partial charge in [-0.3, -0.25) is 9.59 Å². The first-order valence-electron chi connectivity index (χ1n) is 7.95. The molecule has 0 spiro atoms. The molecule has 1 atom stereocenters. The molecule has 0 radical (unpaired) electrons. The number of likely N-dealkylation sites (N-methyl/N-ethyl adjacent to an activating group) is 1. The van der Waals surface area contributed by atoms with Crippen LogP contribution in [0.1, 0.15) is 29.8 Å². The van der Waals surface area contributed by atoms with Gasteiger partial charge in [0.2, 0.25) is 5.91 Å². The maximum atomic E-state index is 12.1. The molecule has 2 amide bonds. The Bertz CT molecular complexity index is 669. The predicted molar refractivity (Wildman–Crippen MR) is 92.8 cm³/mol. The largest absolute Gasteiger partial charge is 0.489 e. The molecule has 5 nitrogen and oxygen atoms in total. The van der Waals surface area contributed by atoms with Crippen LogP contribution in [0.3, 0.4) is 0 Å². The van der Waals surface area contributed by atoms with Gasteiger partial charge in [-0.15, -0.1) is 0 Å². The van der Waals surface area contributed by atoms with Crippen molar-refractivity contribution in [2.45, 2.75) is 26.5 Å². The quantitative estimate of drug-likeness (QED) is 0.821. The third-order valence-corrected chi connectivity index (χ3v) is 3.46. The summed E-state index contributed by atoms with van der Waals surface area (Å²) in [6.45, 7) is 4.49. The van der Waals surface area contributed by atoms with Crippen LogP contribution >= 0.6 is 0 Å². The number of carbonyl (C=O) groups excluding carboxylic acids is 2. The minimum Gasteiger partial charge on any atom is -0.489 e. The number of hydrogen-bond acceptors (Lipinski definition) is 3. The monoisotopic (exact) mass is 326 g/mol. The lowest BCUT2D eigenvalue weighted by molar-refractivity contribution is -0.122. The number of benzene rings is 2. The highest BCUT2D eigenvalue weighted by molar-refractivity contribution is 5.97. The fourth-order valence-electron chi connectivity index (χ4n) is 2.12. The zero-order valence-electron chi connectivity index (χ0n) is 13.9. The summed E-state index contributed by atoms with van der Waals surface area (Å²) in [7, 11) is 0. The molecule has 0 aliphatic rings. The lowest BCUT2D eigenvalue weighted by atomic mass is 10.2. The molecule has 0 aliphatic carbocycles. The second kappa shape index (κ2) is 8.72. The molecular weight excluding hydrogens is 304 g/mol. The topological polar surface area (TPSA) is 67.4 Å². The van der Waals surface area contributed by atoms with E-state index in [1.165, 1.54) is 0 Å². The van der Waals surface area contributed by atoms with Gasteiger partial charge in [0.15, 0.2) is 0 Å². The molecule has 0 saturated heterocycles. The van der Waals surface area contributed by atoms with Gasteiger partial charge in [0, 0.05) is 12.1 Å². The van der Waals surface area contributed by atoms with E-state index in [4.69, 9.17) is 4.74 Å². The van der Waals surface area contributed by atoms with E-state index in [1.807, 2.05) is 37.3 Å². The molecule has 24 heavy (non-hydrogen) atoms. The molecule has 0 aromatic heterocycles. The smallest absolute Gasteiger partial charge is 0.251 e. The van der Waals surface area contributed by atoms with Gasteiger partial charge in [0.1, 0.15) is 18.4 Å². The van der Waals surface area contributed by atoms with E-state index >= 15 is 0 Å². The van der Waals surface area contributed by atoms with Crippen molar-refractivity contribution in [1.82, 2.24) is 10.6 Å². The second-order valence-electron chi connectivity index (χ2n) is 5.39. The Kier molecular flexibility index (Phi) is 6.37. The van der Waals surface area contributed by atoms with E-state index in [2.05, 4.69) is 10.6 Å². The number of rotatable bonds is 7. The second-order valence-corrected chi connectivity index (χ2v) is 5.39. The summed E-state index contributed by atoms with van der Waals surface area (Å²) in [5.74, 6) is 0.198. The summed E-state index contributed by atoms with van der Waals surface area (Å²) in [4.78, 5) is 23.8. The average Bonchev–Trinajstić information content (AvgIpc) is 2.61. The molecule has 2 rings (SSSR count). The van der Waals surface area contributed by atoms with Crippen molar-refractivity contribution < 1.29 is 14.3 Å². The lowest BCUT2D eigenvalue weighted by Gasteiger charge is -2.13. The Morgan fingerprint density at radius 3 is 2.33 bits per heavy atom. The van der Waals surface area contributed by atoms with Crippen LogP contribution in [0, 0.1) is 0 Å². The number of ether oxygens (including phenoxy) is 1. The van der Waals surface area contributed by atoms with Crippen LogP contribution in [0.15, 0.2) is 54.6 Å². The minimum atomic E-state index is -0.577. The van der Waals surface area contributed by atoms with Crippen molar-refractivity contribution in [2.24, 2.45) is 0 Å². The van der Waals surface area contributed by atoms with Gasteiger partial charge in [0.25, 0.3) is 5.91 Å². The van der Waals surface area contributed by atoms with Gasteiger partial charge in [-0.2, -0.15) is 0 Å². The van der Waals surface area contributed by atoms with Crippen LogP contribution in [0.2, 0.25) is 0 Å². The molecule has 2 N–H and O–H groups in total. The Morgan fingerprint density at radius 1 is 1.04 bits per heavy atom. The molecule has 126 valence electrons. The van der Waals surface area contributed by atoms with Crippen molar-refractivity contribution in [3.05, 3.63) is 65.7 Å². The van der Waals surface area contributed by atoms with Gasteiger partial charge in [-0.1, -0.05) is 30.3 Å². The SMILES string of the molecule is CCNC(=O)[C@H](C)NC(=O)c1ccc(OCc2ccccc2)cc1. The highest BCUT2D eigenvalue weighted by atomic mass is 16.5. The Labute approximate surface area is 142 Å². The van der Waals surface area contributed by atoms with Crippen LogP contribution in [-0.4, -0.2) is 24.4 Å². The van der Waals surface area contributed by atoms with Crippen molar-refractivity contribution in [2.75, 3.05) is 6.54 Å². The van der Waals surface area contributed by atoms with Gasteiger partial charge in [0.05, 0.1) is 0 Å². The number of amides is 2. The number of carbonyl (C=O) groups is 2. The van der Waals surface area contributed by atoms with Crippen LogP contribution in [0.25, 0.3) is 0 Å². The van der Waals surface area contributed by atoms with Crippen molar-refractivity contribution in [3.8, 4) is 5.75 Å². The molecule has 0 fully saturated rings. The van der Waals surface area contributed by atoms with E-state index in [1.54, 1.807) is 31.2 Å². The van der Waals surface area contributed by atoms with Crippen molar-refractivity contribution in [3.63, 3.8) is 0 Å². The van der Waals surface area contributed by atoms with Gasteiger partial charge >= 0.3 is 0 Å². The van der Waals surface area contributed by atoms with Crippen LogP contribution in [0.4, 0.5) is 0 Å². The third-order valence-electron chi connectivity index (χ3n) is 3.46. The van der Waals surface area contributed by atoms with E-state index in [9.17, 15) is 9.59 Å². The molecule has 0 heterocycles. The Hall–Kier alpha value is -2.82. The summed E-state index contributed by atoms with van der Waals surface area (Å²) < 4.78 is 5.68. The first-order valence-corrected chi connectivity index (χ1v) is 7.95. The zero-order valence-corrected chi connectivity index (χ0v) is 13.9. The van der Waals surface area contributed by atoms with Crippen LogP contribution < -0.4 is 15.4 Å². The Balaban J connectivity index is 1.89. The maximum Gasteiger partial charge on any atom is 0.251 e. The van der Waals surface area contributed by atoms with Gasteiger partial charge in [-0.25, -0.2) is 0 Å². The molecule has 0 unspecified atom stereocenters. The van der Waals surface area contributed by atoms with E-state index in [-0.39, 0.29) is 11.8 Å². The van der Waals surface area contributed by atoms with Crippen molar-refractivity contribution >= 4 is 11.8 Å². The van der Waals surface area contributed by atoms with Crippen LogP contribution in [-0.2, 0) is 11.4 Å². The van der Waals surface area contributed by atoms with Gasteiger partial charge in [-0.05, 0) is 43.7 Å². The summed E-state index contributed by atoms with van der Waals surface area (Å²) in [5.41, 5.74) is 1.56. The van der Waals surface area contributed by atoms with Gasteiger partial charge < -0.3 is 15.4 Å². The Morgan fingerprint density at radius 2 is 1.71 bits per heavy atom. The molecule has 0 saturated carbocycles. The first kappa shape index (κ1) is 17.5. The average molecular weight is 326 g/mol. The predicted octanol–water partition coefficient (Wildman–Crippen LogP) is 2.52. The minimum absolute atomic E-state index is 0.200. The normalized spacial score (nSPS) is 11.4. The fourth-order valence-corrected chi connectivity index (χ4v) is 2.12. The lowest BCUT2D eigenvalue weighted by Crippen LogP contribution is -2.44. The zero-order chi connectivity index (χ0) is 17.4. The molecule has 0 aliphatic heterocycles. The van der Waals surface area contributed by atoms with E-state index < -0.39 is 6.04 Å². The maximum absolute atomic E-state index is 12.1. The molecule has 0 bridgehead atoms. The first-order chi connectivity index (χ1) is 11.6. The number of nitrogens with one attached hydrogen (secondary N) is 2. The summed E-state index contributed by atoms with van der Waals surface area (Å²) in [6, 6.07) is 16.1. The molecule has 2 aromatic rings. The highest BCUT2D eigenvalue weighted by Gasteiger charge is 2.15. The molecule has 5 heteroatoms. The molecule has 2 aromatic carbocycles. The molecular formula is C19H22N2O3. The standard InChI is InChI=1S/C19H22N2O3/c1-3-20-18(22)14(2)21-19(23)16-9-11-17(12-10-16)24-13-15-7-5-4-6-8-15/h4-12,14H,3,13H2,1-2H3,(H,20,22)(H,21,23)/t14-/m0/s1. The summed E-state index contributed by atoms with van der Waals surface area (Å²) in [6.07, 6.45) is 0. The summed E-state index contributed by atoms with van der Waals surface area (Å²) in [5, 5.41) is 5.34.